The van der Waals surface area contributed by atoms with Gasteiger partial charge in [0.2, 0.25) is 5.95 Å². The normalized spacial score (nSPS) is 22.2. The minimum Gasteiger partial charge on any atom is -0.339 e. The van der Waals surface area contributed by atoms with Crippen LogP contribution in [0.15, 0.2) is 35.1 Å². The van der Waals surface area contributed by atoms with Gasteiger partial charge >= 0.3 is 6.01 Å². The first-order chi connectivity index (χ1) is 18.4. The molecule has 2 aliphatic heterocycles. The SMILES string of the molecule is Cc1ccc(F)c([C@H]2CN(c3ncc(C(=O)N(C)C4CCN(c5nc(C6CC6)no5)CC4)cn3)C[C@@H]2N)c1. The second-order valence-corrected chi connectivity index (χ2v) is 10.8. The summed E-state index contributed by atoms with van der Waals surface area (Å²) in [5.74, 6) is 1.27. The quantitative estimate of drug-likeness (QED) is 0.523. The number of carbonyl (C=O) groups is 1. The Morgan fingerprint density at radius 1 is 1.11 bits per heavy atom. The van der Waals surface area contributed by atoms with Crippen molar-refractivity contribution in [1.29, 1.82) is 0 Å². The van der Waals surface area contributed by atoms with Crippen molar-refractivity contribution in [1.82, 2.24) is 25.0 Å². The first kappa shape index (κ1) is 24.7. The maximum absolute atomic E-state index is 14.5. The summed E-state index contributed by atoms with van der Waals surface area (Å²) >= 11 is 0. The third kappa shape index (κ3) is 4.82. The van der Waals surface area contributed by atoms with E-state index in [4.69, 9.17) is 10.3 Å². The molecular weight excluding hydrogens is 487 g/mol. The molecule has 1 saturated carbocycles. The van der Waals surface area contributed by atoms with Gasteiger partial charge in [-0.3, -0.25) is 4.79 Å². The second-order valence-electron chi connectivity index (χ2n) is 10.8. The number of halogens is 1. The van der Waals surface area contributed by atoms with Gasteiger partial charge in [0, 0.05) is 69.5 Å². The first-order valence-electron chi connectivity index (χ1n) is 13.3. The first-order valence-corrected chi connectivity index (χ1v) is 13.3. The van der Waals surface area contributed by atoms with Gasteiger partial charge < -0.3 is 25.0 Å². The van der Waals surface area contributed by atoms with E-state index in [1.807, 2.05) is 24.9 Å². The number of aryl methyl sites for hydroxylation is 1. The summed E-state index contributed by atoms with van der Waals surface area (Å²) in [5.41, 5.74) is 8.45. The smallest absolute Gasteiger partial charge is 0.324 e. The number of aromatic nitrogens is 4. The minimum atomic E-state index is -0.242. The van der Waals surface area contributed by atoms with Gasteiger partial charge in [0.15, 0.2) is 5.82 Å². The van der Waals surface area contributed by atoms with Crippen LogP contribution in [0.1, 0.15) is 64.8 Å². The van der Waals surface area contributed by atoms with E-state index in [1.54, 1.807) is 23.4 Å². The molecule has 0 unspecified atom stereocenters. The molecule has 4 heterocycles. The Morgan fingerprint density at radius 2 is 1.84 bits per heavy atom. The number of carbonyl (C=O) groups excluding carboxylic acids is 1. The molecule has 1 aliphatic carbocycles. The number of hydrogen-bond acceptors (Lipinski definition) is 9. The van der Waals surface area contributed by atoms with Crippen LogP contribution in [-0.2, 0) is 0 Å². The molecule has 38 heavy (non-hydrogen) atoms. The van der Waals surface area contributed by atoms with E-state index in [9.17, 15) is 9.18 Å². The minimum absolute atomic E-state index is 0.103. The topological polar surface area (TPSA) is 118 Å². The molecule has 2 atom stereocenters. The van der Waals surface area contributed by atoms with Crippen molar-refractivity contribution >= 4 is 17.9 Å². The van der Waals surface area contributed by atoms with Gasteiger partial charge in [-0.25, -0.2) is 14.4 Å². The molecule has 3 aliphatic rings. The molecule has 0 spiro atoms. The molecule has 0 bridgehead atoms. The maximum Gasteiger partial charge on any atom is 0.324 e. The fourth-order valence-electron chi connectivity index (χ4n) is 5.54. The van der Waals surface area contributed by atoms with Crippen molar-refractivity contribution in [3.05, 3.63) is 58.9 Å². The number of benzene rings is 1. The average Bonchev–Trinajstić information content (AvgIpc) is 3.54. The maximum atomic E-state index is 14.5. The van der Waals surface area contributed by atoms with Crippen LogP contribution < -0.4 is 15.5 Å². The summed E-state index contributed by atoms with van der Waals surface area (Å²) in [5, 5.41) is 4.11. The fraction of sp³-hybridized carbons (Fsp3) is 0.519. The van der Waals surface area contributed by atoms with Gasteiger partial charge in [-0.2, -0.15) is 4.98 Å². The zero-order chi connectivity index (χ0) is 26.4. The van der Waals surface area contributed by atoms with Gasteiger partial charge in [0.1, 0.15) is 5.82 Å². The molecule has 3 aromatic rings. The van der Waals surface area contributed by atoms with Gasteiger partial charge in [-0.05, 0) is 44.2 Å². The highest BCUT2D eigenvalue weighted by molar-refractivity contribution is 5.93. The van der Waals surface area contributed by atoms with Crippen LogP contribution in [0.2, 0.25) is 0 Å². The Morgan fingerprint density at radius 3 is 2.55 bits per heavy atom. The van der Waals surface area contributed by atoms with Crippen LogP contribution >= 0.6 is 0 Å². The van der Waals surface area contributed by atoms with E-state index in [2.05, 4.69) is 25.0 Å². The molecule has 2 aromatic heterocycles. The Kier molecular flexibility index (Phi) is 6.46. The second kappa shape index (κ2) is 9.94. The summed E-state index contributed by atoms with van der Waals surface area (Å²) in [7, 11) is 1.83. The summed E-state index contributed by atoms with van der Waals surface area (Å²) in [6, 6.07) is 5.56. The summed E-state index contributed by atoms with van der Waals surface area (Å²) in [6.07, 6.45) is 7.03. The molecule has 0 radical (unpaired) electrons. The number of piperidine rings is 1. The zero-order valence-electron chi connectivity index (χ0n) is 21.8. The Balaban J connectivity index is 1.06. The average molecular weight is 521 g/mol. The van der Waals surface area contributed by atoms with E-state index in [1.165, 1.54) is 6.07 Å². The largest absolute Gasteiger partial charge is 0.339 e. The van der Waals surface area contributed by atoms with Crippen LogP contribution in [-0.4, -0.2) is 76.2 Å². The Hall–Kier alpha value is -3.60. The highest BCUT2D eigenvalue weighted by Crippen LogP contribution is 2.39. The number of amides is 1. The number of anilines is 2. The monoisotopic (exact) mass is 520 g/mol. The molecule has 2 N–H and O–H groups in total. The van der Waals surface area contributed by atoms with Crippen molar-refractivity contribution < 1.29 is 13.7 Å². The number of rotatable bonds is 6. The van der Waals surface area contributed by atoms with E-state index < -0.39 is 0 Å². The zero-order valence-corrected chi connectivity index (χ0v) is 21.8. The van der Waals surface area contributed by atoms with Gasteiger partial charge in [0.05, 0.1) is 5.56 Å². The van der Waals surface area contributed by atoms with Crippen molar-refractivity contribution in [3.8, 4) is 0 Å². The highest BCUT2D eigenvalue weighted by atomic mass is 19.1. The van der Waals surface area contributed by atoms with Crippen LogP contribution in [0.4, 0.5) is 16.4 Å². The standard InChI is InChI=1S/C27H33FN8O2/c1-16-3-6-22(28)20(11-16)21-14-36(15-23(21)29)26-30-12-18(13-31-26)25(37)34(2)19-7-9-35(10-8-19)27-32-24(33-38-27)17-4-5-17/h3,6,11-13,17,19,21,23H,4-5,7-10,14-15,29H2,1-2H3/t21-,23+/m1/s1. The van der Waals surface area contributed by atoms with E-state index in [0.29, 0.717) is 42.1 Å². The molecule has 11 heteroatoms. The Labute approximate surface area is 221 Å². The van der Waals surface area contributed by atoms with Crippen molar-refractivity contribution in [2.24, 2.45) is 5.73 Å². The molecule has 10 nitrogen and oxygen atoms in total. The Bertz CT molecular complexity index is 1300. The van der Waals surface area contributed by atoms with Gasteiger partial charge in [-0.1, -0.05) is 22.9 Å². The van der Waals surface area contributed by atoms with E-state index in [0.717, 1.165) is 50.2 Å². The van der Waals surface area contributed by atoms with E-state index in [-0.39, 0.29) is 29.7 Å². The number of nitrogens with zero attached hydrogens (tertiary/aromatic N) is 7. The highest BCUT2D eigenvalue weighted by Gasteiger charge is 2.35. The summed E-state index contributed by atoms with van der Waals surface area (Å²) < 4.78 is 19.9. The lowest BCUT2D eigenvalue weighted by Gasteiger charge is -2.35. The van der Waals surface area contributed by atoms with E-state index >= 15 is 0 Å². The molecule has 6 rings (SSSR count). The number of hydrogen-bond donors (Lipinski definition) is 1. The lowest BCUT2D eigenvalue weighted by atomic mass is 9.93. The number of nitrogens with two attached hydrogens (primary N) is 1. The molecule has 2 saturated heterocycles. The van der Waals surface area contributed by atoms with Gasteiger partial charge in [0.25, 0.3) is 5.91 Å². The van der Waals surface area contributed by atoms with Crippen LogP contribution in [0.25, 0.3) is 0 Å². The van der Waals surface area contributed by atoms with Crippen LogP contribution in [0.3, 0.4) is 0 Å². The molecule has 200 valence electrons. The van der Waals surface area contributed by atoms with Crippen molar-refractivity contribution in [3.63, 3.8) is 0 Å². The fourth-order valence-corrected chi connectivity index (χ4v) is 5.54. The summed E-state index contributed by atoms with van der Waals surface area (Å²) in [6.45, 7) is 4.49. The van der Waals surface area contributed by atoms with Crippen molar-refractivity contribution in [2.45, 2.75) is 56.5 Å². The molecular formula is C27H33FN8O2. The predicted molar refractivity (Wildman–Crippen MR) is 140 cm³/mol. The van der Waals surface area contributed by atoms with Crippen LogP contribution in [0, 0.1) is 12.7 Å². The molecule has 1 aromatic carbocycles. The molecule has 3 fully saturated rings. The third-order valence-corrected chi connectivity index (χ3v) is 8.06. The molecule has 1 amide bonds. The third-order valence-electron chi connectivity index (χ3n) is 8.06. The van der Waals surface area contributed by atoms with Crippen molar-refractivity contribution in [2.75, 3.05) is 43.0 Å². The van der Waals surface area contributed by atoms with Crippen LogP contribution in [0.5, 0.6) is 0 Å². The summed E-state index contributed by atoms with van der Waals surface area (Å²) in [4.78, 5) is 32.5. The lowest BCUT2D eigenvalue weighted by molar-refractivity contribution is 0.0707. The van der Waals surface area contributed by atoms with Gasteiger partial charge in [-0.15, -0.1) is 0 Å². The lowest BCUT2D eigenvalue weighted by Crippen LogP contribution is -2.45. The predicted octanol–water partition coefficient (Wildman–Crippen LogP) is 2.86.